The summed E-state index contributed by atoms with van der Waals surface area (Å²) in [5.74, 6) is 0. The molecule has 2 nitrogen and oxygen atoms in total. The molecular weight excluding hydrogens is 292 g/mol. The summed E-state index contributed by atoms with van der Waals surface area (Å²) >= 11 is 0. The van der Waals surface area contributed by atoms with E-state index in [1.54, 1.807) is 0 Å². The van der Waals surface area contributed by atoms with Crippen molar-refractivity contribution in [3.05, 3.63) is 71.6 Å². The molecular formula is C22H24N2. The highest BCUT2D eigenvalue weighted by Crippen LogP contribution is 2.32. The SMILES string of the molecule is C=Cc1ccc(-c2nccc3c(C)c(C)n(CC=C(C)C)c23)cc1. The highest BCUT2D eigenvalue weighted by molar-refractivity contribution is 5.95. The summed E-state index contributed by atoms with van der Waals surface area (Å²) in [6.45, 7) is 13.4. The lowest BCUT2D eigenvalue weighted by Crippen LogP contribution is -2.00. The first kappa shape index (κ1) is 16.3. The summed E-state index contributed by atoms with van der Waals surface area (Å²) in [5.41, 5.74) is 8.49. The quantitative estimate of drug-likeness (QED) is 0.545. The number of hydrogen-bond donors (Lipinski definition) is 0. The molecule has 0 saturated carbocycles. The molecule has 0 radical (unpaired) electrons. The molecule has 0 saturated heterocycles. The smallest absolute Gasteiger partial charge is 0.0945 e. The maximum absolute atomic E-state index is 4.71. The van der Waals surface area contributed by atoms with Gasteiger partial charge in [-0.3, -0.25) is 4.98 Å². The van der Waals surface area contributed by atoms with E-state index in [0.717, 1.165) is 23.4 Å². The number of pyridine rings is 1. The van der Waals surface area contributed by atoms with Crippen LogP contribution < -0.4 is 0 Å². The predicted molar refractivity (Wildman–Crippen MR) is 104 cm³/mol. The molecule has 3 rings (SSSR count). The lowest BCUT2D eigenvalue weighted by Gasteiger charge is -2.10. The van der Waals surface area contributed by atoms with E-state index in [1.807, 2.05) is 12.3 Å². The van der Waals surface area contributed by atoms with E-state index in [9.17, 15) is 0 Å². The highest BCUT2D eigenvalue weighted by atomic mass is 15.0. The molecule has 0 aliphatic carbocycles. The normalized spacial score (nSPS) is 10.8. The molecule has 0 fully saturated rings. The first-order valence-corrected chi connectivity index (χ1v) is 8.33. The van der Waals surface area contributed by atoms with Crippen LogP contribution >= 0.6 is 0 Å². The van der Waals surface area contributed by atoms with Gasteiger partial charge in [-0.15, -0.1) is 0 Å². The number of allylic oxidation sites excluding steroid dienone is 2. The Morgan fingerprint density at radius 3 is 2.46 bits per heavy atom. The van der Waals surface area contributed by atoms with Gasteiger partial charge in [0.1, 0.15) is 0 Å². The third kappa shape index (κ3) is 2.80. The standard InChI is InChI=1S/C22H24N2/c1-6-18-7-9-19(10-8-18)21-22-20(11-13-23-21)16(4)17(5)24(22)14-12-15(2)3/h6-13H,1,14H2,2-5H3. The number of rotatable bonds is 4. The van der Waals surface area contributed by atoms with Crippen LogP contribution in [0.15, 0.2) is 54.8 Å². The van der Waals surface area contributed by atoms with Gasteiger partial charge in [-0.05, 0) is 44.9 Å². The van der Waals surface area contributed by atoms with E-state index in [0.29, 0.717) is 0 Å². The second kappa shape index (κ2) is 6.48. The largest absolute Gasteiger partial charge is 0.339 e. The van der Waals surface area contributed by atoms with Gasteiger partial charge in [0.15, 0.2) is 0 Å². The Bertz CT molecular complexity index is 921. The van der Waals surface area contributed by atoms with Gasteiger partial charge >= 0.3 is 0 Å². The minimum absolute atomic E-state index is 0.877. The number of fused-ring (bicyclic) bond motifs is 1. The van der Waals surface area contributed by atoms with Gasteiger partial charge in [-0.1, -0.05) is 48.6 Å². The zero-order valence-corrected chi connectivity index (χ0v) is 14.9. The molecule has 0 spiro atoms. The summed E-state index contributed by atoms with van der Waals surface area (Å²) < 4.78 is 2.38. The van der Waals surface area contributed by atoms with Gasteiger partial charge in [0.25, 0.3) is 0 Å². The van der Waals surface area contributed by atoms with Crippen molar-refractivity contribution >= 4 is 17.0 Å². The van der Waals surface area contributed by atoms with Crippen LogP contribution in [0.25, 0.3) is 28.2 Å². The van der Waals surface area contributed by atoms with Crippen LogP contribution in [0.2, 0.25) is 0 Å². The van der Waals surface area contributed by atoms with Gasteiger partial charge in [0, 0.05) is 29.4 Å². The Labute approximate surface area is 144 Å². The van der Waals surface area contributed by atoms with Crippen LogP contribution in [0.3, 0.4) is 0 Å². The predicted octanol–water partition coefficient (Wildman–Crippen LogP) is 5.93. The zero-order chi connectivity index (χ0) is 17.3. The van der Waals surface area contributed by atoms with Crippen LogP contribution in [0.5, 0.6) is 0 Å². The van der Waals surface area contributed by atoms with E-state index in [1.165, 1.54) is 27.7 Å². The molecule has 0 N–H and O–H groups in total. The minimum atomic E-state index is 0.877. The minimum Gasteiger partial charge on any atom is -0.339 e. The van der Waals surface area contributed by atoms with Crippen molar-refractivity contribution in [2.24, 2.45) is 0 Å². The van der Waals surface area contributed by atoms with E-state index in [2.05, 4.69) is 75.2 Å². The third-order valence-corrected chi connectivity index (χ3v) is 4.65. The lowest BCUT2D eigenvalue weighted by atomic mass is 10.1. The first-order valence-electron chi connectivity index (χ1n) is 8.33. The fourth-order valence-electron chi connectivity index (χ4n) is 3.09. The lowest BCUT2D eigenvalue weighted by molar-refractivity contribution is 0.816. The maximum atomic E-state index is 4.71. The van der Waals surface area contributed by atoms with Crippen molar-refractivity contribution in [3.63, 3.8) is 0 Å². The van der Waals surface area contributed by atoms with Gasteiger partial charge in [-0.25, -0.2) is 0 Å². The second-order valence-electron chi connectivity index (χ2n) is 6.48. The Hall–Kier alpha value is -2.61. The van der Waals surface area contributed by atoms with Crippen molar-refractivity contribution in [3.8, 4) is 11.3 Å². The van der Waals surface area contributed by atoms with E-state index in [-0.39, 0.29) is 0 Å². The fraction of sp³-hybridized carbons (Fsp3) is 0.227. The third-order valence-electron chi connectivity index (χ3n) is 4.65. The van der Waals surface area contributed by atoms with Crippen molar-refractivity contribution in [2.75, 3.05) is 0 Å². The van der Waals surface area contributed by atoms with Crippen LogP contribution in [0, 0.1) is 13.8 Å². The summed E-state index contributed by atoms with van der Waals surface area (Å²) in [5, 5.41) is 1.28. The number of benzene rings is 1. The molecule has 24 heavy (non-hydrogen) atoms. The molecule has 3 aromatic rings. The molecule has 122 valence electrons. The van der Waals surface area contributed by atoms with Gasteiger partial charge in [0.2, 0.25) is 0 Å². The molecule has 1 aromatic carbocycles. The maximum Gasteiger partial charge on any atom is 0.0945 e. The zero-order valence-electron chi connectivity index (χ0n) is 14.9. The molecule has 0 bridgehead atoms. The molecule has 0 amide bonds. The van der Waals surface area contributed by atoms with Crippen LogP contribution in [0.4, 0.5) is 0 Å². The first-order chi connectivity index (χ1) is 11.5. The van der Waals surface area contributed by atoms with Gasteiger partial charge in [0.05, 0.1) is 11.2 Å². The second-order valence-corrected chi connectivity index (χ2v) is 6.48. The molecule has 0 aliphatic rings. The Balaban J connectivity index is 2.26. The molecule has 2 heterocycles. The van der Waals surface area contributed by atoms with Crippen LogP contribution in [-0.4, -0.2) is 9.55 Å². The molecule has 0 unspecified atom stereocenters. The average Bonchev–Trinajstić information content (AvgIpc) is 2.84. The summed E-state index contributed by atoms with van der Waals surface area (Å²) in [7, 11) is 0. The van der Waals surface area contributed by atoms with E-state index >= 15 is 0 Å². The molecule has 2 aromatic heterocycles. The van der Waals surface area contributed by atoms with E-state index < -0.39 is 0 Å². The Morgan fingerprint density at radius 2 is 1.83 bits per heavy atom. The van der Waals surface area contributed by atoms with Crippen molar-refractivity contribution in [2.45, 2.75) is 34.2 Å². The Morgan fingerprint density at radius 1 is 1.12 bits per heavy atom. The number of hydrogen-bond acceptors (Lipinski definition) is 1. The summed E-state index contributed by atoms with van der Waals surface area (Å²) in [6.07, 6.45) is 6.05. The van der Waals surface area contributed by atoms with Crippen molar-refractivity contribution in [1.82, 2.24) is 9.55 Å². The molecule has 2 heteroatoms. The van der Waals surface area contributed by atoms with E-state index in [4.69, 9.17) is 4.98 Å². The van der Waals surface area contributed by atoms with Crippen molar-refractivity contribution < 1.29 is 0 Å². The van der Waals surface area contributed by atoms with Crippen LogP contribution in [0.1, 0.15) is 30.7 Å². The average molecular weight is 316 g/mol. The Kier molecular flexibility index (Phi) is 4.39. The van der Waals surface area contributed by atoms with Gasteiger partial charge in [-0.2, -0.15) is 0 Å². The van der Waals surface area contributed by atoms with Crippen molar-refractivity contribution in [1.29, 1.82) is 0 Å². The highest BCUT2D eigenvalue weighted by Gasteiger charge is 2.15. The summed E-state index contributed by atoms with van der Waals surface area (Å²) in [4.78, 5) is 4.71. The molecule has 0 atom stereocenters. The molecule has 0 aliphatic heterocycles. The summed E-state index contributed by atoms with van der Waals surface area (Å²) in [6, 6.07) is 10.6. The topological polar surface area (TPSA) is 17.8 Å². The van der Waals surface area contributed by atoms with Crippen LogP contribution in [-0.2, 0) is 6.54 Å². The number of aromatic nitrogens is 2. The number of nitrogens with zero attached hydrogens (tertiary/aromatic N) is 2. The monoisotopic (exact) mass is 316 g/mol. The van der Waals surface area contributed by atoms with Gasteiger partial charge < -0.3 is 4.57 Å². The fourth-order valence-corrected chi connectivity index (χ4v) is 3.09. The number of aryl methyl sites for hydroxylation is 1.